The predicted octanol–water partition coefficient (Wildman–Crippen LogP) is 17.6. The van der Waals surface area contributed by atoms with E-state index in [-0.39, 0.29) is 32.3 Å². The molecule has 0 aromatic carbocycles. The molecule has 0 saturated carbocycles. The van der Waals surface area contributed by atoms with Gasteiger partial charge in [-0.25, -0.2) is 4.79 Å². The molecule has 2 atom stereocenters. The lowest BCUT2D eigenvalue weighted by atomic mass is 9.58. The minimum Gasteiger partial charge on any atom is -0.481 e. The van der Waals surface area contributed by atoms with Gasteiger partial charge in [0, 0.05) is 6.61 Å². The molecule has 8 nitrogen and oxygen atoms in total. The summed E-state index contributed by atoms with van der Waals surface area (Å²) >= 11 is 0. The Morgan fingerprint density at radius 3 is 0.984 bits per heavy atom. The number of rotatable bonds is 52. The van der Waals surface area contributed by atoms with E-state index in [4.69, 9.17) is 4.74 Å². The van der Waals surface area contributed by atoms with Crippen molar-refractivity contribution < 1.29 is 37.5 Å². The minimum atomic E-state index is -4.29. The molecule has 9 heteroatoms. The fourth-order valence-electron chi connectivity index (χ4n) is 10.4. The van der Waals surface area contributed by atoms with E-state index >= 15 is 0 Å². The van der Waals surface area contributed by atoms with Crippen molar-refractivity contribution in [3.05, 3.63) is 0 Å². The Morgan fingerprint density at radius 1 is 0.406 bits per heavy atom. The van der Waals surface area contributed by atoms with Crippen molar-refractivity contribution in [3.63, 3.8) is 0 Å². The third-order valence-electron chi connectivity index (χ3n) is 14.4. The standard InChI is InChI=1S/C55H108O8S/c1-5-9-13-17-21-25-29-33-37-41-47-54(52(56)57,48-42-38-34-30-26-22-18-14-10-6-2)55(53(58)59,63-49-43-39-35-31-27-23-19-15-11-7-3)51(46-44-50-64(60,61)62)45-40-36-32-28-24-20-16-12-8-4/h51H,5-50H2,1-4H3,(H,56,57)(H,58,59)(H,60,61,62). The average Bonchev–Trinajstić information content (AvgIpc) is 3.26. The summed E-state index contributed by atoms with van der Waals surface area (Å²) in [5, 5.41) is 23.3. The van der Waals surface area contributed by atoms with E-state index in [0.717, 1.165) is 83.5 Å². The number of unbranched alkanes of at least 4 members (excludes halogenated alkanes) is 35. The first kappa shape index (κ1) is 62.8. The number of carbonyl (C=O) groups is 2. The van der Waals surface area contributed by atoms with Crippen LogP contribution in [0.25, 0.3) is 0 Å². The highest BCUT2D eigenvalue weighted by Crippen LogP contribution is 2.52. The van der Waals surface area contributed by atoms with Gasteiger partial charge in [-0.05, 0) is 44.4 Å². The molecular weight excluding hydrogens is 821 g/mol. The number of aliphatic carboxylic acids is 2. The fraction of sp³-hybridized carbons (Fsp3) is 0.964. The smallest absolute Gasteiger partial charge is 0.337 e. The van der Waals surface area contributed by atoms with Gasteiger partial charge < -0.3 is 14.9 Å². The van der Waals surface area contributed by atoms with Crippen LogP contribution < -0.4 is 0 Å². The third kappa shape index (κ3) is 31.0. The highest BCUT2D eigenvalue weighted by Gasteiger charge is 2.65. The highest BCUT2D eigenvalue weighted by atomic mass is 32.2. The summed E-state index contributed by atoms with van der Waals surface area (Å²) < 4.78 is 40.8. The monoisotopic (exact) mass is 929 g/mol. The molecule has 0 aliphatic heterocycles. The summed E-state index contributed by atoms with van der Waals surface area (Å²) in [5.41, 5.74) is -3.68. The first-order valence-corrected chi connectivity index (χ1v) is 29.7. The molecule has 0 radical (unpaired) electrons. The van der Waals surface area contributed by atoms with Crippen LogP contribution in [0.1, 0.15) is 310 Å². The molecule has 0 aromatic heterocycles. The molecule has 64 heavy (non-hydrogen) atoms. The third-order valence-corrected chi connectivity index (χ3v) is 15.2. The number of hydrogen-bond donors (Lipinski definition) is 3. The van der Waals surface area contributed by atoms with E-state index in [1.54, 1.807) is 0 Å². The van der Waals surface area contributed by atoms with Gasteiger partial charge in [-0.2, -0.15) is 8.42 Å². The van der Waals surface area contributed by atoms with Gasteiger partial charge in [0.15, 0.2) is 5.60 Å². The average molecular weight is 930 g/mol. The van der Waals surface area contributed by atoms with E-state index in [0.29, 0.717) is 25.7 Å². The second-order valence-corrected chi connectivity index (χ2v) is 21.6. The summed E-state index contributed by atoms with van der Waals surface area (Å²) in [4.78, 5) is 28.6. The molecule has 0 aliphatic rings. The zero-order valence-corrected chi connectivity index (χ0v) is 43.7. The first-order chi connectivity index (χ1) is 31.0. The van der Waals surface area contributed by atoms with Crippen LogP contribution in [0.2, 0.25) is 0 Å². The Balaban J connectivity index is 6.65. The topological polar surface area (TPSA) is 138 Å². The highest BCUT2D eigenvalue weighted by molar-refractivity contribution is 7.85. The Hall–Kier alpha value is -1.19. The van der Waals surface area contributed by atoms with Crippen molar-refractivity contribution >= 4 is 22.1 Å². The maximum atomic E-state index is 14.4. The quantitative estimate of drug-likeness (QED) is 0.0405. The molecule has 0 amide bonds. The van der Waals surface area contributed by atoms with Crippen LogP contribution in [0.15, 0.2) is 0 Å². The summed E-state index contributed by atoms with van der Waals surface area (Å²) in [6.07, 6.45) is 44.3. The fourth-order valence-corrected chi connectivity index (χ4v) is 10.9. The molecule has 382 valence electrons. The molecule has 2 unspecified atom stereocenters. The van der Waals surface area contributed by atoms with E-state index in [2.05, 4.69) is 27.7 Å². The van der Waals surface area contributed by atoms with E-state index < -0.39 is 44.7 Å². The molecule has 0 bridgehead atoms. The second kappa shape index (κ2) is 43.1. The van der Waals surface area contributed by atoms with Crippen molar-refractivity contribution in [2.45, 2.75) is 316 Å². The Labute approximate surface area is 397 Å². The van der Waals surface area contributed by atoms with Crippen molar-refractivity contribution in [3.8, 4) is 0 Å². The van der Waals surface area contributed by atoms with Crippen molar-refractivity contribution in [2.75, 3.05) is 12.4 Å². The zero-order valence-electron chi connectivity index (χ0n) is 42.9. The van der Waals surface area contributed by atoms with Crippen LogP contribution in [0.3, 0.4) is 0 Å². The lowest BCUT2D eigenvalue weighted by Crippen LogP contribution is -2.64. The summed E-state index contributed by atoms with van der Waals surface area (Å²) in [6.45, 7) is 9.08. The Kier molecular flexibility index (Phi) is 42.3. The van der Waals surface area contributed by atoms with Crippen LogP contribution >= 0.6 is 0 Å². The van der Waals surface area contributed by atoms with Gasteiger partial charge in [-0.1, -0.05) is 272 Å². The SMILES string of the molecule is CCCCCCCCCCCCOC(C(=O)O)(C(CCCCCCCCCCC)CCCS(=O)(=O)O)C(CCCCCCCCCCCC)(CCCCCCCCCCCC)C(=O)O. The summed E-state index contributed by atoms with van der Waals surface area (Å²) in [7, 11) is -4.29. The van der Waals surface area contributed by atoms with Gasteiger partial charge in [-0.3, -0.25) is 9.35 Å². The first-order valence-electron chi connectivity index (χ1n) is 28.0. The molecule has 0 spiro atoms. The van der Waals surface area contributed by atoms with Crippen LogP contribution in [0, 0.1) is 11.3 Å². The minimum absolute atomic E-state index is 0.0593. The molecular formula is C55H108O8S. The number of carboxylic acid groups (broad SMARTS) is 2. The molecule has 3 N–H and O–H groups in total. The molecule has 0 saturated heterocycles. The predicted molar refractivity (Wildman–Crippen MR) is 272 cm³/mol. The van der Waals surface area contributed by atoms with Gasteiger partial charge in [0.25, 0.3) is 10.1 Å². The van der Waals surface area contributed by atoms with Crippen LogP contribution in [0.4, 0.5) is 0 Å². The van der Waals surface area contributed by atoms with Crippen LogP contribution in [-0.4, -0.2) is 53.1 Å². The van der Waals surface area contributed by atoms with Gasteiger partial charge in [0.1, 0.15) is 5.41 Å². The summed E-state index contributed by atoms with van der Waals surface area (Å²) in [6, 6.07) is 0. The van der Waals surface area contributed by atoms with Gasteiger partial charge in [-0.15, -0.1) is 0 Å². The van der Waals surface area contributed by atoms with Gasteiger partial charge in [0.05, 0.1) is 5.75 Å². The van der Waals surface area contributed by atoms with Gasteiger partial charge in [0.2, 0.25) is 0 Å². The summed E-state index contributed by atoms with van der Waals surface area (Å²) in [5.74, 6) is -3.49. The largest absolute Gasteiger partial charge is 0.481 e. The van der Waals surface area contributed by atoms with Crippen molar-refractivity contribution in [2.24, 2.45) is 11.3 Å². The number of hydrogen-bond acceptors (Lipinski definition) is 5. The van der Waals surface area contributed by atoms with Crippen molar-refractivity contribution in [1.29, 1.82) is 0 Å². The van der Waals surface area contributed by atoms with Crippen LogP contribution in [-0.2, 0) is 24.4 Å². The zero-order chi connectivity index (χ0) is 47.5. The number of ether oxygens (including phenoxy) is 1. The van der Waals surface area contributed by atoms with E-state index in [1.807, 2.05) is 0 Å². The lowest BCUT2D eigenvalue weighted by Gasteiger charge is -2.49. The molecule has 0 aromatic rings. The second-order valence-electron chi connectivity index (χ2n) is 20.1. The molecule has 0 fully saturated rings. The van der Waals surface area contributed by atoms with E-state index in [1.165, 1.54) is 148 Å². The molecule has 0 heterocycles. The molecule has 0 rings (SSSR count). The lowest BCUT2D eigenvalue weighted by molar-refractivity contribution is -0.219. The normalized spacial score (nSPS) is 13.6. The van der Waals surface area contributed by atoms with Gasteiger partial charge >= 0.3 is 11.9 Å². The Bertz CT molecular complexity index is 1130. The maximum absolute atomic E-state index is 14.4. The molecule has 0 aliphatic carbocycles. The van der Waals surface area contributed by atoms with Crippen LogP contribution in [0.5, 0.6) is 0 Å². The Morgan fingerprint density at radius 2 is 0.688 bits per heavy atom. The number of carboxylic acids is 2. The van der Waals surface area contributed by atoms with E-state index in [9.17, 15) is 32.8 Å². The maximum Gasteiger partial charge on any atom is 0.337 e. The van der Waals surface area contributed by atoms with Crippen molar-refractivity contribution in [1.82, 2.24) is 0 Å².